The lowest BCUT2D eigenvalue weighted by atomic mass is 9.91. The van der Waals surface area contributed by atoms with Gasteiger partial charge in [-0.15, -0.1) is 0 Å². The van der Waals surface area contributed by atoms with Crippen LogP contribution in [0.1, 0.15) is 75.9 Å². The summed E-state index contributed by atoms with van der Waals surface area (Å²) in [7, 11) is 0. The topological polar surface area (TPSA) is 158 Å². The van der Waals surface area contributed by atoms with Gasteiger partial charge < -0.3 is 29.5 Å². The molecule has 0 aromatic heterocycles. The number of carbonyl (C=O) groups excluding carboxylic acids is 4. The number of nitrogens with one attached hydrogen (secondary N) is 1. The second-order valence-electron chi connectivity index (χ2n) is 18.5. The van der Waals surface area contributed by atoms with E-state index in [1.165, 1.54) is 12.1 Å². The van der Waals surface area contributed by atoms with E-state index in [-0.39, 0.29) is 35.8 Å². The second-order valence-corrected chi connectivity index (χ2v) is 18.5. The number of piperazine rings is 1. The van der Waals surface area contributed by atoms with Crippen LogP contribution in [0.2, 0.25) is 0 Å². The predicted molar refractivity (Wildman–Crippen MR) is 258 cm³/mol. The summed E-state index contributed by atoms with van der Waals surface area (Å²) in [6.45, 7) is 11.8. The SMILES string of the molecule is C=C1CCC(N2C(=O)c3ccc(N4CCN(CCN5CCC(O[C@H]6C[C@H](Oc7ccc(CN8C(=O)/C(=C\C=C\c9ccc([N+](=O)[O-])cc9)c9ccccc98)cc7)C6)CC5)CC4)cc3C2=O)C(=O)N1. The van der Waals surface area contributed by atoms with Crippen molar-refractivity contribution in [1.29, 1.82) is 0 Å². The molecule has 1 N–H and O–H groups in total. The fourth-order valence-electron chi connectivity index (χ4n) is 10.1. The van der Waals surface area contributed by atoms with E-state index in [9.17, 15) is 29.3 Å². The van der Waals surface area contributed by atoms with Crippen LogP contribution in [-0.2, 0) is 20.9 Å². The number of imide groups is 1. The summed E-state index contributed by atoms with van der Waals surface area (Å²) < 4.78 is 12.8. The first kappa shape index (κ1) is 44.9. The second kappa shape index (κ2) is 19.3. The Balaban J connectivity index is 0.621. The summed E-state index contributed by atoms with van der Waals surface area (Å²) >= 11 is 0. The number of likely N-dealkylation sites (tertiary alicyclic amines) is 1. The van der Waals surface area contributed by atoms with E-state index in [0.29, 0.717) is 41.8 Å². The molecule has 350 valence electrons. The molecule has 15 nitrogen and oxygen atoms in total. The highest BCUT2D eigenvalue weighted by Gasteiger charge is 2.44. The Morgan fingerprint density at radius 3 is 2.16 bits per heavy atom. The highest BCUT2D eigenvalue weighted by molar-refractivity contribution is 6.32. The monoisotopic (exact) mass is 917 g/mol. The highest BCUT2D eigenvalue weighted by atomic mass is 16.6. The van der Waals surface area contributed by atoms with Gasteiger partial charge in [0.1, 0.15) is 17.9 Å². The third kappa shape index (κ3) is 9.46. The molecule has 0 radical (unpaired) electrons. The van der Waals surface area contributed by atoms with Gasteiger partial charge in [-0.25, -0.2) is 0 Å². The maximum absolute atomic E-state index is 13.7. The minimum absolute atomic E-state index is 0.0333. The number of fused-ring (bicyclic) bond motifs is 2. The zero-order valence-electron chi connectivity index (χ0n) is 38.0. The van der Waals surface area contributed by atoms with Crippen LogP contribution in [0.15, 0.2) is 115 Å². The molecule has 5 heterocycles. The van der Waals surface area contributed by atoms with Crippen LogP contribution >= 0.6 is 0 Å². The normalized spacial score (nSPS) is 23.1. The Morgan fingerprint density at radius 2 is 1.44 bits per heavy atom. The molecule has 4 aromatic rings. The molecule has 6 aliphatic rings. The van der Waals surface area contributed by atoms with Gasteiger partial charge in [0.25, 0.3) is 23.4 Å². The molecule has 15 heteroatoms. The van der Waals surface area contributed by atoms with Crippen molar-refractivity contribution in [2.45, 2.75) is 69.4 Å². The first-order valence-corrected chi connectivity index (χ1v) is 23.7. The average molecular weight is 918 g/mol. The lowest BCUT2D eigenvalue weighted by Gasteiger charge is -2.40. The number of hydrogen-bond acceptors (Lipinski definition) is 11. The number of amides is 4. The van der Waals surface area contributed by atoms with Crippen LogP contribution in [0.25, 0.3) is 11.6 Å². The number of rotatable bonds is 14. The highest BCUT2D eigenvalue weighted by Crippen LogP contribution is 2.38. The summed E-state index contributed by atoms with van der Waals surface area (Å²) in [4.78, 5) is 73.7. The largest absolute Gasteiger partial charge is 0.490 e. The smallest absolute Gasteiger partial charge is 0.269 e. The first-order chi connectivity index (χ1) is 33.0. The van der Waals surface area contributed by atoms with Crippen LogP contribution in [0, 0.1) is 10.1 Å². The van der Waals surface area contributed by atoms with E-state index >= 15 is 0 Å². The summed E-state index contributed by atoms with van der Waals surface area (Å²) in [5.41, 5.74) is 6.41. The van der Waals surface area contributed by atoms with Gasteiger partial charge in [-0.3, -0.25) is 39.1 Å². The van der Waals surface area contributed by atoms with Gasteiger partial charge in [0.15, 0.2) is 0 Å². The van der Waals surface area contributed by atoms with E-state index in [0.717, 1.165) is 117 Å². The van der Waals surface area contributed by atoms with Crippen molar-refractivity contribution in [2.75, 3.05) is 62.2 Å². The van der Waals surface area contributed by atoms with E-state index in [2.05, 4.69) is 26.6 Å². The molecule has 1 aliphatic carbocycles. The Hall–Kier alpha value is -6.94. The van der Waals surface area contributed by atoms with Gasteiger partial charge in [-0.05, 0) is 91.4 Å². The number of nitro benzene ring substituents is 1. The summed E-state index contributed by atoms with van der Waals surface area (Å²) in [6, 6.07) is 26.7. The number of carbonyl (C=O) groups is 4. The molecule has 1 saturated carbocycles. The molecule has 4 fully saturated rings. The first-order valence-electron chi connectivity index (χ1n) is 23.7. The number of non-ortho nitro benzene ring substituents is 1. The molecular weight excluding hydrogens is 863 g/mol. The molecule has 1 atom stereocenters. The average Bonchev–Trinajstić information content (AvgIpc) is 3.75. The van der Waals surface area contributed by atoms with Crippen molar-refractivity contribution in [3.63, 3.8) is 0 Å². The number of hydrogen-bond donors (Lipinski definition) is 1. The van der Waals surface area contributed by atoms with Crippen molar-refractivity contribution < 1.29 is 33.6 Å². The number of ether oxygens (including phenoxy) is 2. The van der Waals surface area contributed by atoms with Crippen LogP contribution in [0.3, 0.4) is 0 Å². The molecule has 10 rings (SSSR count). The van der Waals surface area contributed by atoms with Crippen LogP contribution in [0.5, 0.6) is 5.75 Å². The number of allylic oxidation sites excluding steroid dienone is 3. The van der Waals surface area contributed by atoms with Crippen LogP contribution in [-0.4, -0.2) is 120 Å². The van der Waals surface area contributed by atoms with E-state index in [1.54, 1.807) is 35.3 Å². The molecule has 1 unspecified atom stereocenters. The van der Waals surface area contributed by atoms with Crippen molar-refractivity contribution in [3.05, 3.63) is 153 Å². The van der Waals surface area contributed by atoms with Gasteiger partial charge in [0.05, 0.1) is 40.5 Å². The fourth-order valence-corrected chi connectivity index (χ4v) is 10.1. The Kier molecular flexibility index (Phi) is 12.8. The molecular formula is C53H55N7O8. The number of nitrogens with zero attached hydrogens (tertiary/aromatic N) is 6. The third-order valence-corrected chi connectivity index (χ3v) is 14.2. The van der Waals surface area contributed by atoms with Crippen molar-refractivity contribution in [3.8, 4) is 5.75 Å². The van der Waals surface area contributed by atoms with Gasteiger partial charge in [-0.2, -0.15) is 0 Å². The molecule has 4 amide bonds. The van der Waals surface area contributed by atoms with Gasteiger partial charge in [0, 0.05) is 99.9 Å². The molecule has 4 aromatic carbocycles. The zero-order valence-corrected chi connectivity index (χ0v) is 38.0. The maximum atomic E-state index is 13.7. The minimum atomic E-state index is -0.813. The van der Waals surface area contributed by atoms with Crippen LogP contribution < -0.4 is 19.9 Å². The predicted octanol–water partition coefficient (Wildman–Crippen LogP) is 6.84. The Labute approximate surface area is 395 Å². The number of benzene rings is 4. The lowest BCUT2D eigenvalue weighted by Crippen LogP contribution is -2.51. The molecule has 3 saturated heterocycles. The maximum Gasteiger partial charge on any atom is 0.269 e. The number of anilines is 2. The molecule has 0 spiro atoms. The van der Waals surface area contributed by atoms with E-state index < -0.39 is 22.8 Å². The molecule has 68 heavy (non-hydrogen) atoms. The van der Waals surface area contributed by atoms with E-state index in [4.69, 9.17) is 9.47 Å². The van der Waals surface area contributed by atoms with Crippen LogP contribution in [0.4, 0.5) is 17.1 Å². The quantitative estimate of drug-likeness (QED) is 0.0612. The summed E-state index contributed by atoms with van der Waals surface area (Å²) in [5, 5.41) is 13.7. The lowest BCUT2D eigenvalue weighted by molar-refractivity contribution is -0.384. The summed E-state index contributed by atoms with van der Waals surface area (Å²) in [6.07, 6.45) is 10.7. The number of piperidine rings is 2. The van der Waals surface area contributed by atoms with Gasteiger partial charge in [-0.1, -0.05) is 49.1 Å². The molecule has 0 bridgehead atoms. The Morgan fingerprint density at radius 1 is 0.735 bits per heavy atom. The minimum Gasteiger partial charge on any atom is -0.490 e. The van der Waals surface area contributed by atoms with E-state index in [1.807, 2.05) is 66.7 Å². The van der Waals surface area contributed by atoms with Crippen molar-refractivity contribution in [1.82, 2.24) is 20.0 Å². The third-order valence-electron chi connectivity index (χ3n) is 14.2. The van der Waals surface area contributed by atoms with Crippen molar-refractivity contribution in [2.24, 2.45) is 0 Å². The van der Waals surface area contributed by atoms with Crippen molar-refractivity contribution >= 4 is 52.3 Å². The standard InChI is InChI=1S/C53H55N7O8/c1-35-9-20-49(50(61)54-35)59-52(63)46-19-16-39(31-47(46)53(59)64)57-29-27-56(28-30-57)26-25-55-23-21-41(22-24-55)68-43-32-42(33-43)67-40-17-12-37(13-18-40)34-58-48-8-3-2-6-44(48)45(51(58)62)7-4-5-36-10-14-38(15-11-36)60(65)66/h2-8,10-19,31,41-43,49H,1,9,20-30,32-34H2,(H,54,61)/b5-4+,45-7-/t42-,43-,49?. The van der Waals surface area contributed by atoms with Gasteiger partial charge >= 0.3 is 0 Å². The fraction of sp³-hybridized carbons (Fsp3) is 0.358. The number of para-hydroxylation sites is 1. The zero-order chi connectivity index (χ0) is 46.9. The molecule has 5 aliphatic heterocycles. The summed E-state index contributed by atoms with van der Waals surface area (Å²) in [5.74, 6) is -0.443. The Bertz CT molecular complexity index is 2680. The number of nitro groups is 1. The van der Waals surface area contributed by atoms with Gasteiger partial charge in [0.2, 0.25) is 5.91 Å².